The molecule has 2 aliphatic heterocycles. The first-order valence-corrected chi connectivity index (χ1v) is 8.47. The van der Waals surface area contributed by atoms with E-state index in [4.69, 9.17) is 0 Å². The second-order valence-corrected chi connectivity index (χ2v) is 6.57. The maximum absolute atomic E-state index is 13.9. The SMILES string of the molecule is O=C1c2cccc(F)c2CN1C1CCN(Cc2ncc[nH]c2=O)CC1. The van der Waals surface area contributed by atoms with Crippen LogP contribution in [0.5, 0.6) is 0 Å². The summed E-state index contributed by atoms with van der Waals surface area (Å²) in [5.41, 5.74) is 1.34. The molecule has 6 nitrogen and oxygen atoms in total. The van der Waals surface area contributed by atoms with E-state index in [9.17, 15) is 14.0 Å². The molecule has 1 aromatic carbocycles. The van der Waals surface area contributed by atoms with Gasteiger partial charge >= 0.3 is 0 Å². The summed E-state index contributed by atoms with van der Waals surface area (Å²) in [5.74, 6) is -0.380. The van der Waals surface area contributed by atoms with E-state index in [0.29, 0.717) is 29.9 Å². The zero-order valence-corrected chi connectivity index (χ0v) is 13.7. The molecule has 0 spiro atoms. The Morgan fingerprint density at radius 1 is 1.24 bits per heavy atom. The number of H-pyrrole nitrogens is 1. The number of likely N-dealkylation sites (tertiary alicyclic amines) is 1. The number of piperidine rings is 1. The summed E-state index contributed by atoms with van der Waals surface area (Å²) < 4.78 is 13.9. The van der Waals surface area contributed by atoms with Gasteiger partial charge in [0.05, 0.1) is 0 Å². The summed E-state index contributed by atoms with van der Waals surface area (Å²) >= 11 is 0. The number of hydrogen-bond acceptors (Lipinski definition) is 4. The molecule has 1 aromatic heterocycles. The van der Waals surface area contributed by atoms with E-state index in [0.717, 1.165) is 25.9 Å². The molecule has 4 rings (SSSR count). The maximum atomic E-state index is 13.9. The third-order valence-corrected chi connectivity index (χ3v) is 5.09. The summed E-state index contributed by atoms with van der Waals surface area (Å²) in [7, 11) is 0. The van der Waals surface area contributed by atoms with Gasteiger partial charge in [0.15, 0.2) is 0 Å². The average Bonchev–Trinajstić information content (AvgIpc) is 2.96. The molecule has 0 unspecified atom stereocenters. The Morgan fingerprint density at radius 2 is 2.04 bits per heavy atom. The van der Waals surface area contributed by atoms with Crippen LogP contribution in [0.3, 0.4) is 0 Å². The molecule has 3 heterocycles. The number of amides is 1. The van der Waals surface area contributed by atoms with Gasteiger partial charge in [-0.3, -0.25) is 19.5 Å². The summed E-state index contributed by atoms with van der Waals surface area (Å²) in [6, 6.07) is 4.80. The quantitative estimate of drug-likeness (QED) is 0.918. The molecule has 0 saturated carbocycles. The van der Waals surface area contributed by atoms with Crippen molar-refractivity contribution in [2.75, 3.05) is 13.1 Å². The number of nitrogens with one attached hydrogen (secondary N) is 1. The van der Waals surface area contributed by atoms with E-state index in [1.807, 2.05) is 0 Å². The fourth-order valence-corrected chi connectivity index (χ4v) is 3.71. The van der Waals surface area contributed by atoms with Crippen molar-refractivity contribution in [1.29, 1.82) is 0 Å². The van der Waals surface area contributed by atoms with Gasteiger partial charge in [0.2, 0.25) is 0 Å². The number of hydrogen-bond donors (Lipinski definition) is 1. The highest BCUT2D eigenvalue weighted by Gasteiger charge is 2.35. The number of aromatic amines is 1. The molecule has 1 N–H and O–H groups in total. The van der Waals surface area contributed by atoms with Gasteiger partial charge in [-0.1, -0.05) is 6.07 Å². The van der Waals surface area contributed by atoms with Gasteiger partial charge in [-0.15, -0.1) is 0 Å². The predicted octanol–water partition coefficient (Wildman–Crippen LogP) is 1.53. The van der Waals surface area contributed by atoms with Crippen LogP contribution in [0, 0.1) is 5.82 Å². The molecular weight excluding hydrogens is 323 g/mol. The van der Waals surface area contributed by atoms with Crippen LogP contribution < -0.4 is 5.56 Å². The van der Waals surface area contributed by atoms with Crippen molar-refractivity contribution in [3.8, 4) is 0 Å². The van der Waals surface area contributed by atoms with Crippen molar-refractivity contribution in [2.45, 2.75) is 32.0 Å². The first-order chi connectivity index (χ1) is 12.1. The van der Waals surface area contributed by atoms with Crippen molar-refractivity contribution in [2.24, 2.45) is 0 Å². The zero-order chi connectivity index (χ0) is 17.4. The molecule has 0 atom stereocenters. The van der Waals surface area contributed by atoms with Gasteiger partial charge in [-0.25, -0.2) is 4.39 Å². The minimum Gasteiger partial charge on any atom is -0.331 e. The standard InChI is InChI=1S/C18H19FN4O2/c19-15-3-1-2-13-14(15)10-23(18(13)25)12-4-8-22(9-5-12)11-16-17(24)21-7-6-20-16/h1-3,6-7,12H,4-5,8-11H2,(H,21,24). The molecule has 1 amide bonds. The minimum absolute atomic E-state index is 0.0749. The molecule has 7 heteroatoms. The number of rotatable bonds is 3. The van der Waals surface area contributed by atoms with E-state index in [2.05, 4.69) is 14.9 Å². The normalized spacial score (nSPS) is 18.6. The summed E-state index contributed by atoms with van der Waals surface area (Å²) in [4.78, 5) is 35.0. The van der Waals surface area contributed by atoms with E-state index >= 15 is 0 Å². The smallest absolute Gasteiger partial charge is 0.270 e. The van der Waals surface area contributed by atoms with Crippen LogP contribution in [0.15, 0.2) is 35.4 Å². The molecule has 0 radical (unpaired) electrons. The predicted molar refractivity (Wildman–Crippen MR) is 89.4 cm³/mol. The first-order valence-electron chi connectivity index (χ1n) is 8.47. The number of carbonyl (C=O) groups is 1. The molecular formula is C18H19FN4O2. The number of fused-ring (bicyclic) bond motifs is 1. The fraction of sp³-hybridized carbons (Fsp3) is 0.389. The summed E-state index contributed by atoms with van der Waals surface area (Å²) in [6.07, 6.45) is 4.73. The Morgan fingerprint density at radius 3 is 2.76 bits per heavy atom. The monoisotopic (exact) mass is 342 g/mol. The van der Waals surface area contributed by atoms with Gasteiger partial charge < -0.3 is 9.88 Å². The van der Waals surface area contributed by atoms with Gasteiger partial charge in [0.25, 0.3) is 11.5 Å². The van der Waals surface area contributed by atoms with E-state index in [1.54, 1.807) is 23.2 Å². The number of halogens is 1. The van der Waals surface area contributed by atoms with Crippen molar-refractivity contribution < 1.29 is 9.18 Å². The van der Waals surface area contributed by atoms with Gasteiger partial charge in [-0.2, -0.15) is 0 Å². The van der Waals surface area contributed by atoms with E-state index in [1.165, 1.54) is 12.3 Å². The lowest BCUT2D eigenvalue weighted by molar-refractivity contribution is 0.0588. The first kappa shape index (κ1) is 16.0. The highest BCUT2D eigenvalue weighted by Crippen LogP contribution is 2.30. The van der Waals surface area contributed by atoms with Gasteiger partial charge in [0.1, 0.15) is 11.5 Å². The Kier molecular flexibility index (Phi) is 4.09. The van der Waals surface area contributed by atoms with Crippen molar-refractivity contribution in [3.63, 3.8) is 0 Å². The second kappa shape index (κ2) is 6.40. The van der Waals surface area contributed by atoms with Crippen LogP contribution in [-0.4, -0.2) is 44.8 Å². The van der Waals surface area contributed by atoms with Crippen LogP contribution in [0.25, 0.3) is 0 Å². The Hall–Kier alpha value is -2.54. The summed E-state index contributed by atoms with van der Waals surface area (Å²) in [5, 5.41) is 0. The molecule has 2 aromatic rings. The van der Waals surface area contributed by atoms with Crippen LogP contribution in [0.1, 0.15) is 34.5 Å². The van der Waals surface area contributed by atoms with Gasteiger partial charge in [-0.05, 0) is 25.0 Å². The van der Waals surface area contributed by atoms with E-state index in [-0.39, 0.29) is 23.3 Å². The van der Waals surface area contributed by atoms with Crippen molar-refractivity contribution in [3.05, 3.63) is 63.6 Å². The number of aromatic nitrogens is 2. The number of benzene rings is 1. The molecule has 25 heavy (non-hydrogen) atoms. The molecule has 130 valence electrons. The fourth-order valence-electron chi connectivity index (χ4n) is 3.71. The van der Waals surface area contributed by atoms with Crippen LogP contribution in [-0.2, 0) is 13.1 Å². The maximum Gasteiger partial charge on any atom is 0.270 e. The van der Waals surface area contributed by atoms with Crippen molar-refractivity contribution >= 4 is 5.91 Å². The highest BCUT2D eigenvalue weighted by molar-refractivity contribution is 5.98. The molecule has 1 saturated heterocycles. The highest BCUT2D eigenvalue weighted by atomic mass is 19.1. The van der Waals surface area contributed by atoms with E-state index < -0.39 is 0 Å². The Balaban J connectivity index is 1.40. The van der Waals surface area contributed by atoms with Gasteiger partial charge in [0, 0.05) is 55.7 Å². The Bertz CT molecular complexity index is 858. The second-order valence-electron chi connectivity index (χ2n) is 6.57. The topological polar surface area (TPSA) is 69.3 Å². The lowest BCUT2D eigenvalue weighted by Gasteiger charge is -2.36. The molecule has 0 bridgehead atoms. The third-order valence-electron chi connectivity index (χ3n) is 5.09. The number of carbonyl (C=O) groups excluding carboxylic acids is 1. The largest absolute Gasteiger partial charge is 0.331 e. The molecule has 2 aliphatic rings. The summed E-state index contributed by atoms with van der Waals surface area (Å²) in [6.45, 7) is 2.42. The number of nitrogens with zero attached hydrogens (tertiary/aromatic N) is 3. The zero-order valence-electron chi connectivity index (χ0n) is 13.7. The average molecular weight is 342 g/mol. The third kappa shape index (κ3) is 2.95. The van der Waals surface area contributed by atoms with Crippen LogP contribution in [0.4, 0.5) is 4.39 Å². The van der Waals surface area contributed by atoms with Crippen LogP contribution >= 0.6 is 0 Å². The minimum atomic E-state index is -0.305. The Labute approximate surface area is 144 Å². The lowest BCUT2D eigenvalue weighted by atomic mass is 10.0. The van der Waals surface area contributed by atoms with Crippen LogP contribution in [0.2, 0.25) is 0 Å². The molecule has 0 aliphatic carbocycles. The molecule has 1 fully saturated rings. The lowest BCUT2D eigenvalue weighted by Crippen LogP contribution is -2.45. The van der Waals surface area contributed by atoms with Crippen molar-refractivity contribution in [1.82, 2.24) is 19.8 Å².